The highest BCUT2D eigenvalue weighted by molar-refractivity contribution is 6.03. The number of aromatic nitrogens is 3. The van der Waals surface area contributed by atoms with Crippen LogP contribution in [0.3, 0.4) is 0 Å². The van der Waals surface area contributed by atoms with Gasteiger partial charge in [0.2, 0.25) is 0 Å². The summed E-state index contributed by atoms with van der Waals surface area (Å²) < 4.78 is 0. The summed E-state index contributed by atoms with van der Waals surface area (Å²) in [5.74, 6) is 0. The van der Waals surface area contributed by atoms with Crippen molar-refractivity contribution in [2.45, 2.75) is 6.04 Å². The number of likely N-dealkylation sites (N-methyl/N-ethyl adjacent to an activating group) is 1. The average Bonchev–Trinajstić information content (AvgIpc) is 3.00. The van der Waals surface area contributed by atoms with Gasteiger partial charge in [0.1, 0.15) is 0 Å². The number of hydrogen-bond donors (Lipinski definition) is 0. The summed E-state index contributed by atoms with van der Waals surface area (Å²) in [7, 11) is 2.17. The fourth-order valence-electron chi connectivity index (χ4n) is 5.94. The van der Waals surface area contributed by atoms with E-state index >= 15 is 0 Å². The van der Waals surface area contributed by atoms with Crippen molar-refractivity contribution in [3.63, 3.8) is 0 Å². The molecule has 0 amide bonds. The second-order valence-corrected chi connectivity index (χ2v) is 10.2. The van der Waals surface area contributed by atoms with Crippen LogP contribution in [0.5, 0.6) is 0 Å². The van der Waals surface area contributed by atoms with Crippen LogP contribution in [0.15, 0.2) is 116 Å². The van der Waals surface area contributed by atoms with Gasteiger partial charge < -0.3 is 4.90 Å². The predicted octanol–water partition coefficient (Wildman–Crippen LogP) is 8.36. The highest BCUT2D eigenvalue weighted by atomic mass is 15.1. The fourth-order valence-corrected chi connectivity index (χ4v) is 5.94. The van der Waals surface area contributed by atoms with Gasteiger partial charge in [0, 0.05) is 41.2 Å². The van der Waals surface area contributed by atoms with E-state index in [2.05, 4.69) is 114 Å². The molecule has 1 atom stereocenters. The van der Waals surface area contributed by atoms with Gasteiger partial charge in [-0.15, -0.1) is 0 Å². The molecule has 4 heteroatoms. The maximum absolute atomic E-state index is 5.07. The molecule has 0 radical (unpaired) electrons. The number of hydrogen-bond acceptors (Lipinski definition) is 4. The van der Waals surface area contributed by atoms with Crippen molar-refractivity contribution in [3.05, 3.63) is 127 Å². The van der Waals surface area contributed by atoms with E-state index in [0.717, 1.165) is 44.0 Å². The van der Waals surface area contributed by atoms with Crippen molar-refractivity contribution in [1.82, 2.24) is 15.0 Å². The van der Waals surface area contributed by atoms with E-state index in [0.29, 0.717) is 0 Å². The molecule has 4 nitrogen and oxygen atoms in total. The lowest BCUT2D eigenvalue weighted by molar-refractivity contribution is 0.808. The highest BCUT2D eigenvalue weighted by Gasteiger charge is 2.23. The van der Waals surface area contributed by atoms with Crippen LogP contribution in [-0.4, -0.2) is 22.0 Å². The van der Waals surface area contributed by atoms with Gasteiger partial charge in [-0.1, -0.05) is 78.9 Å². The van der Waals surface area contributed by atoms with Gasteiger partial charge in [0.15, 0.2) is 0 Å². The SMILES string of the molecule is CN1c2c(ccc3cccnc23)C=CC1c1ccc2ccc(-c3ccc4ccc5cccnc5c4n3)cc2c1. The molecule has 3 aromatic heterocycles. The molecule has 1 aliphatic rings. The highest BCUT2D eigenvalue weighted by Crippen LogP contribution is 2.40. The third-order valence-electron chi connectivity index (χ3n) is 7.94. The Kier molecular flexibility index (Phi) is 4.76. The van der Waals surface area contributed by atoms with Crippen LogP contribution >= 0.6 is 0 Å². The second-order valence-electron chi connectivity index (χ2n) is 10.2. The van der Waals surface area contributed by atoms with Crippen LogP contribution in [0.2, 0.25) is 0 Å². The lowest BCUT2D eigenvalue weighted by atomic mass is 9.94. The summed E-state index contributed by atoms with van der Waals surface area (Å²) in [5, 5.41) is 5.78. The van der Waals surface area contributed by atoms with E-state index in [1.807, 2.05) is 24.5 Å². The van der Waals surface area contributed by atoms with E-state index in [1.165, 1.54) is 27.6 Å². The molecule has 0 saturated heterocycles. The van der Waals surface area contributed by atoms with Gasteiger partial charge in [-0.25, -0.2) is 4.98 Å². The summed E-state index contributed by atoms with van der Waals surface area (Å²) in [6.45, 7) is 0. The quantitative estimate of drug-likeness (QED) is 0.224. The van der Waals surface area contributed by atoms with Gasteiger partial charge in [0.25, 0.3) is 0 Å². The number of fused-ring (bicyclic) bond motifs is 7. The maximum atomic E-state index is 5.07. The Balaban J connectivity index is 1.22. The lowest BCUT2D eigenvalue weighted by Gasteiger charge is -2.33. The first-order chi connectivity index (χ1) is 19.2. The monoisotopic (exact) mass is 500 g/mol. The van der Waals surface area contributed by atoms with Crippen LogP contribution in [0.25, 0.3) is 60.8 Å². The molecule has 0 saturated carbocycles. The minimum atomic E-state index is 0.120. The van der Waals surface area contributed by atoms with E-state index in [4.69, 9.17) is 9.97 Å². The summed E-state index contributed by atoms with van der Waals surface area (Å²) in [4.78, 5) is 16.8. The number of nitrogens with zero attached hydrogens (tertiary/aromatic N) is 4. The topological polar surface area (TPSA) is 41.9 Å². The van der Waals surface area contributed by atoms with E-state index in [-0.39, 0.29) is 6.04 Å². The van der Waals surface area contributed by atoms with E-state index in [1.54, 1.807) is 0 Å². The Morgan fingerprint density at radius 2 is 1.31 bits per heavy atom. The van der Waals surface area contributed by atoms with Gasteiger partial charge in [-0.3, -0.25) is 9.97 Å². The third-order valence-corrected chi connectivity index (χ3v) is 7.94. The molecule has 7 aromatic rings. The van der Waals surface area contributed by atoms with E-state index < -0.39 is 0 Å². The molecule has 8 rings (SSSR count). The van der Waals surface area contributed by atoms with Gasteiger partial charge in [0.05, 0.1) is 34.0 Å². The zero-order valence-electron chi connectivity index (χ0n) is 21.4. The maximum Gasteiger partial charge on any atom is 0.0972 e. The Bertz CT molecular complexity index is 2110. The first-order valence-electron chi connectivity index (χ1n) is 13.2. The zero-order chi connectivity index (χ0) is 25.9. The van der Waals surface area contributed by atoms with Crippen LogP contribution in [0.4, 0.5) is 5.69 Å². The first-order valence-corrected chi connectivity index (χ1v) is 13.2. The zero-order valence-corrected chi connectivity index (χ0v) is 21.4. The van der Waals surface area contributed by atoms with Crippen molar-refractivity contribution in [3.8, 4) is 11.3 Å². The summed E-state index contributed by atoms with van der Waals surface area (Å²) in [6, 6.07) is 34.5. The minimum absolute atomic E-state index is 0.120. The van der Waals surface area contributed by atoms with Gasteiger partial charge >= 0.3 is 0 Å². The Morgan fingerprint density at radius 1 is 0.615 bits per heavy atom. The Labute approximate surface area is 225 Å². The standard InChI is InChI=1S/C35H24N4/c1-39-31(17-15-26-11-10-24-5-3-19-37-34(24)35(26)39)28-13-7-22-6-12-27(20-29(22)21-28)30-16-14-25-9-8-23-4-2-18-36-32(23)33(25)38-30/h2-21,31H,1H3. The minimum Gasteiger partial charge on any atom is -0.362 e. The van der Waals surface area contributed by atoms with Crippen LogP contribution in [0, 0.1) is 0 Å². The van der Waals surface area contributed by atoms with Gasteiger partial charge in [-0.05, 0) is 52.2 Å². The van der Waals surface area contributed by atoms with Crippen molar-refractivity contribution in [2.24, 2.45) is 0 Å². The molecule has 4 heterocycles. The molecule has 39 heavy (non-hydrogen) atoms. The van der Waals surface area contributed by atoms with Crippen molar-refractivity contribution in [1.29, 1.82) is 0 Å². The smallest absolute Gasteiger partial charge is 0.0972 e. The lowest BCUT2D eigenvalue weighted by Crippen LogP contribution is -2.25. The van der Waals surface area contributed by atoms with Crippen molar-refractivity contribution < 1.29 is 0 Å². The first kappa shape index (κ1) is 21.9. The average molecular weight is 501 g/mol. The molecule has 1 unspecified atom stereocenters. The predicted molar refractivity (Wildman–Crippen MR) is 162 cm³/mol. The summed E-state index contributed by atoms with van der Waals surface area (Å²) in [6.07, 6.45) is 8.22. The summed E-state index contributed by atoms with van der Waals surface area (Å²) >= 11 is 0. The Hall–Kier alpha value is -5.09. The second kappa shape index (κ2) is 8.47. The van der Waals surface area contributed by atoms with E-state index in [9.17, 15) is 0 Å². The molecule has 0 N–H and O–H groups in total. The largest absolute Gasteiger partial charge is 0.362 e. The number of anilines is 1. The molecule has 0 fully saturated rings. The van der Waals surface area contributed by atoms with Crippen LogP contribution in [0.1, 0.15) is 17.2 Å². The molecule has 0 aliphatic carbocycles. The molecule has 0 spiro atoms. The normalized spacial score (nSPS) is 14.9. The number of benzene rings is 4. The Morgan fingerprint density at radius 3 is 2.18 bits per heavy atom. The fraction of sp³-hybridized carbons (Fsp3) is 0.0571. The molecule has 4 aromatic carbocycles. The molecular weight excluding hydrogens is 476 g/mol. The van der Waals surface area contributed by atoms with Gasteiger partial charge in [-0.2, -0.15) is 0 Å². The number of pyridine rings is 3. The van der Waals surface area contributed by atoms with Crippen LogP contribution < -0.4 is 4.90 Å². The molecule has 0 bridgehead atoms. The van der Waals surface area contributed by atoms with Crippen molar-refractivity contribution >= 4 is 55.2 Å². The number of rotatable bonds is 2. The molecule has 1 aliphatic heterocycles. The summed E-state index contributed by atoms with van der Waals surface area (Å²) in [5.41, 5.74) is 8.60. The van der Waals surface area contributed by atoms with Crippen LogP contribution in [-0.2, 0) is 0 Å². The molecular formula is C35H24N4. The molecule has 184 valence electrons. The van der Waals surface area contributed by atoms with Crippen molar-refractivity contribution in [2.75, 3.05) is 11.9 Å². The third kappa shape index (κ3) is 3.49.